The molecule has 1 amide bonds. The molecule has 2 N–H and O–H groups in total. The van der Waals surface area contributed by atoms with Crippen LogP contribution in [-0.4, -0.2) is 40.6 Å². The van der Waals surface area contributed by atoms with Gasteiger partial charge in [-0.1, -0.05) is 50.3 Å². The Morgan fingerprint density at radius 3 is 2.87 bits per heavy atom. The molecular formula is C24H28N4O2. The van der Waals surface area contributed by atoms with Gasteiger partial charge in [0.15, 0.2) is 0 Å². The molecule has 0 fully saturated rings. The van der Waals surface area contributed by atoms with E-state index < -0.39 is 6.09 Å². The Kier molecular flexibility index (Phi) is 6.14. The number of aromatic amines is 1. The van der Waals surface area contributed by atoms with Gasteiger partial charge in [-0.05, 0) is 29.5 Å². The number of hydrogen-bond acceptors (Lipinski definition) is 4. The quantitative estimate of drug-likeness (QED) is 0.603. The molecular weight excluding hydrogens is 376 g/mol. The van der Waals surface area contributed by atoms with Crippen LogP contribution in [0.2, 0.25) is 0 Å². The van der Waals surface area contributed by atoms with E-state index in [1.165, 1.54) is 5.57 Å². The van der Waals surface area contributed by atoms with E-state index in [1.807, 2.05) is 42.6 Å². The summed E-state index contributed by atoms with van der Waals surface area (Å²) < 4.78 is 5.31. The third-order valence-electron chi connectivity index (χ3n) is 5.25. The predicted octanol–water partition coefficient (Wildman–Crippen LogP) is 5.06. The van der Waals surface area contributed by atoms with Gasteiger partial charge in [0.05, 0.1) is 11.9 Å². The van der Waals surface area contributed by atoms with Crippen molar-refractivity contribution in [2.45, 2.75) is 26.9 Å². The van der Waals surface area contributed by atoms with Crippen LogP contribution in [0.25, 0.3) is 16.6 Å². The molecule has 6 nitrogen and oxygen atoms in total. The first-order valence-electron chi connectivity index (χ1n) is 10.4. The van der Waals surface area contributed by atoms with E-state index >= 15 is 0 Å². The normalized spacial score (nSPS) is 14.7. The van der Waals surface area contributed by atoms with Crippen LogP contribution >= 0.6 is 0 Å². The fourth-order valence-electron chi connectivity index (χ4n) is 3.85. The van der Waals surface area contributed by atoms with Crippen molar-refractivity contribution < 1.29 is 9.53 Å². The van der Waals surface area contributed by atoms with Crippen molar-refractivity contribution >= 4 is 28.4 Å². The summed E-state index contributed by atoms with van der Waals surface area (Å²) in [7, 11) is 0. The Morgan fingerprint density at radius 1 is 1.30 bits per heavy atom. The van der Waals surface area contributed by atoms with Crippen LogP contribution in [0, 0.1) is 5.92 Å². The van der Waals surface area contributed by atoms with Crippen LogP contribution in [0.5, 0.6) is 0 Å². The molecule has 6 heteroatoms. The highest BCUT2D eigenvalue weighted by Gasteiger charge is 2.17. The molecule has 0 saturated heterocycles. The molecule has 0 saturated carbocycles. The Balaban J connectivity index is 1.44. The Bertz CT molecular complexity index is 1040. The van der Waals surface area contributed by atoms with Gasteiger partial charge in [-0.15, -0.1) is 0 Å². The largest absolute Gasteiger partial charge is 0.444 e. The number of rotatable bonds is 6. The van der Waals surface area contributed by atoms with Crippen molar-refractivity contribution in [1.82, 2.24) is 14.9 Å². The van der Waals surface area contributed by atoms with Crippen LogP contribution in [0.1, 0.15) is 31.4 Å². The lowest BCUT2D eigenvalue weighted by Crippen LogP contribution is -2.31. The number of nitrogens with one attached hydrogen (secondary N) is 2. The molecule has 0 atom stereocenters. The van der Waals surface area contributed by atoms with Gasteiger partial charge >= 0.3 is 6.09 Å². The molecule has 0 aliphatic carbocycles. The van der Waals surface area contributed by atoms with Crippen LogP contribution in [0.3, 0.4) is 0 Å². The number of nitrogens with zero attached hydrogens (tertiary/aromatic N) is 2. The number of H-pyrrole nitrogens is 1. The van der Waals surface area contributed by atoms with Crippen molar-refractivity contribution in [1.29, 1.82) is 0 Å². The van der Waals surface area contributed by atoms with E-state index in [0.29, 0.717) is 11.6 Å². The lowest BCUT2D eigenvalue weighted by molar-refractivity contribution is 0.155. The van der Waals surface area contributed by atoms with Crippen LogP contribution < -0.4 is 5.32 Å². The summed E-state index contributed by atoms with van der Waals surface area (Å²) >= 11 is 0. The number of anilines is 1. The van der Waals surface area contributed by atoms with Crippen LogP contribution in [0.15, 0.2) is 54.9 Å². The molecule has 0 spiro atoms. The van der Waals surface area contributed by atoms with Crippen molar-refractivity contribution in [2.75, 3.05) is 25.0 Å². The van der Waals surface area contributed by atoms with Crippen LogP contribution in [-0.2, 0) is 11.3 Å². The molecule has 1 aliphatic rings. The zero-order valence-corrected chi connectivity index (χ0v) is 17.5. The number of carbonyl (C=O) groups is 1. The second-order valence-electron chi connectivity index (χ2n) is 8.14. The number of amides is 1. The minimum atomic E-state index is -0.488. The van der Waals surface area contributed by atoms with Gasteiger partial charge in [0.25, 0.3) is 0 Å². The van der Waals surface area contributed by atoms with E-state index in [2.05, 4.69) is 40.1 Å². The SMILES string of the molecule is CC(C)CN1CC=C(c2c[nH]c3ncc(NC(=O)OCc4ccccc4)cc23)CC1. The van der Waals surface area contributed by atoms with Crippen molar-refractivity contribution in [2.24, 2.45) is 5.92 Å². The number of benzene rings is 1. The van der Waals surface area contributed by atoms with E-state index in [9.17, 15) is 4.79 Å². The third kappa shape index (κ3) is 4.89. The van der Waals surface area contributed by atoms with E-state index in [0.717, 1.165) is 48.2 Å². The summed E-state index contributed by atoms with van der Waals surface area (Å²) in [5.74, 6) is 0.674. The molecule has 0 bridgehead atoms. The molecule has 30 heavy (non-hydrogen) atoms. The highest BCUT2D eigenvalue weighted by atomic mass is 16.5. The van der Waals surface area contributed by atoms with Crippen molar-refractivity contribution in [3.8, 4) is 0 Å². The monoisotopic (exact) mass is 404 g/mol. The Morgan fingerprint density at radius 2 is 2.13 bits per heavy atom. The summed E-state index contributed by atoms with van der Waals surface area (Å²) in [5.41, 5.74) is 4.87. The predicted molar refractivity (Wildman–Crippen MR) is 120 cm³/mol. The molecule has 156 valence electrons. The average Bonchev–Trinajstić information content (AvgIpc) is 3.16. The lowest BCUT2D eigenvalue weighted by Gasteiger charge is -2.27. The zero-order valence-electron chi connectivity index (χ0n) is 17.5. The van der Waals surface area contributed by atoms with Gasteiger partial charge in [0, 0.05) is 36.8 Å². The summed E-state index contributed by atoms with van der Waals surface area (Å²) in [6.45, 7) is 7.90. The van der Waals surface area contributed by atoms with Crippen LogP contribution in [0.4, 0.5) is 10.5 Å². The first-order valence-corrected chi connectivity index (χ1v) is 10.4. The Hall–Kier alpha value is -3.12. The second-order valence-corrected chi connectivity index (χ2v) is 8.14. The molecule has 0 unspecified atom stereocenters. The van der Waals surface area contributed by atoms with Gasteiger partial charge in [-0.2, -0.15) is 0 Å². The highest BCUT2D eigenvalue weighted by molar-refractivity contribution is 5.94. The third-order valence-corrected chi connectivity index (χ3v) is 5.25. The average molecular weight is 405 g/mol. The first-order chi connectivity index (χ1) is 14.6. The number of aromatic nitrogens is 2. The zero-order chi connectivity index (χ0) is 20.9. The second kappa shape index (κ2) is 9.13. The van der Waals surface area contributed by atoms with E-state index in [-0.39, 0.29) is 6.61 Å². The number of carbonyl (C=O) groups excluding carboxylic acids is 1. The molecule has 2 aromatic heterocycles. The smallest absolute Gasteiger partial charge is 0.412 e. The topological polar surface area (TPSA) is 70.2 Å². The van der Waals surface area contributed by atoms with Gasteiger partial charge in [-0.3, -0.25) is 10.2 Å². The first kappa shape index (κ1) is 20.2. The van der Waals surface area contributed by atoms with Gasteiger partial charge in [0.2, 0.25) is 0 Å². The fraction of sp³-hybridized carbons (Fsp3) is 0.333. The maximum Gasteiger partial charge on any atom is 0.412 e. The fourth-order valence-corrected chi connectivity index (χ4v) is 3.85. The maximum absolute atomic E-state index is 12.2. The number of ether oxygens (including phenoxy) is 1. The molecule has 1 aromatic carbocycles. The van der Waals surface area contributed by atoms with Crippen molar-refractivity contribution in [3.05, 3.63) is 66.0 Å². The molecule has 3 heterocycles. The van der Waals surface area contributed by atoms with Crippen molar-refractivity contribution in [3.63, 3.8) is 0 Å². The minimum Gasteiger partial charge on any atom is -0.444 e. The lowest BCUT2D eigenvalue weighted by atomic mass is 9.99. The maximum atomic E-state index is 12.2. The summed E-state index contributed by atoms with van der Waals surface area (Å²) in [6, 6.07) is 11.6. The molecule has 4 rings (SSSR count). The molecule has 0 radical (unpaired) electrons. The summed E-state index contributed by atoms with van der Waals surface area (Å²) in [4.78, 5) is 22.4. The Labute approximate surface area is 177 Å². The number of pyridine rings is 1. The number of fused-ring (bicyclic) bond motifs is 1. The number of hydrogen-bond donors (Lipinski definition) is 2. The standard InChI is InChI=1S/C24H28N4O2/c1-17(2)15-28-10-8-19(9-11-28)22-14-26-23-21(22)12-20(13-25-23)27-24(29)30-16-18-6-4-3-5-7-18/h3-8,12-14,17H,9-11,15-16H2,1-2H3,(H,25,26)(H,27,29). The minimum absolute atomic E-state index is 0.234. The van der Waals surface area contributed by atoms with Gasteiger partial charge in [0.1, 0.15) is 12.3 Å². The molecule has 1 aliphatic heterocycles. The summed E-state index contributed by atoms with van der Waals surface area (Å²) in [6.07, 6.45) is 6.49. The van der Waals surface area contributed by atoms with E-state index in [4.69, 9.17) is 4.74 Å². The molecule has 3 aromatic rings. The highest BCUT2D eigenvalue weighted by Crippen LogP contribution is 2.30. The van der Waals surface area contributed by atoms with E-state index in [1.54, 1.807) is 6.20 Å². The van der Waals surface area contributed by atoms with Gasteiger partial charge < -0.3 is 9.72 Å². The summed E-state index contributed by atoms with van der Waals surface area (Å²) in [5, 5.41) is 3.80. The van der Waals surface area contributed by atoms with Gasteiger partial charge in [-0.25, -0.2) is 9.78 Å².